The van der Waals surface area contributed by atoms with Gasteiger partial charge in [-0.25, -0.2) is 0 Å². The van der Waals surface area contributed by atoms with E-state index in [1.165, 1.54) is 12.0 Å². The molecule has 402 valence electrons. The van der Waals surface area contributed by atoms with E-state index in [2.05, 4.69) is 112 Å². The van der Waals surface area contributed by atoms with Gasteiger partial charge in [-0.05, 0) is 123 Å². The number of anilines is 1. The van der Waals surface area contributed by atoms with Gasteiger partial charge >= 0.3 is 0 Å². The summed E-state index contributed by atoms with van der Waals surface area (Å²) in [6.07, 6.45) is 18.5. The molecule has 4 amide bonds. The molecule has 4 unspecified atom stereocenters. The zero-order valence-corrected chi connectivity index (χ0v) is 47.6. The molecule has 0 spiro atoms. The van der Waals surface area contributed by atoms with Gasteiger partial charge in [0, 0.05) is 38.2 Å². The second-order valence-electron chi connectivity index (χ2n) is 21.1. The van der Waals surface area contributed by atoms with Gasteiger partial charge in [0.05, 0.1) is 23.0 Å². The third-order valence-electron chi connectivity index (χ3n) is 15.6. The number of likely N-dealkylation sites (N-methyl/N-ethyl adjacent to an activating group) is 1. The van der Waals surface area contributed by atoms with E-state index in [9.17, 15) is 19.2 Å². The zero-order valence-electron chi connectivity index (χ0n) is 45.8. The van der Waals surface area contributed by atoms with Gasteiger partial charge < -0.3 is 30.7 Å². The van der Waals surface area contributed by atoms with Crippen LogP contribution in [0.1, 0.15) is 151 Å². The average Bonchev–Trinajstić information content (AvgIpc) is 4.11. The Labute approximate surface area is 455 Å². The van der Waals surface area contributed by atoms with Crippen LogP contribution in [-0.2, 0) is 29.9 Å². The van der Waals surface area contributed by atoms with Crippen LogP contribution >= 0.6 is 20.8 Å². The highest BCUT2D eigenvalue weighted by Gasteiger charge is 2.50. The third kappa shape index (κ3) is 14.2. The maximum Gasteiger partial charge on any atom is 0.253 e. The Morgan fingerprint density at radius 1 is 0.787 bits per heavy atom. The van der Waals surface area contributed by atoms with Gasteiger partial charge in [0.2, 0.25) is 11.8 Å². The highest BCUT2D eigenvalue weighted by Crippen LogP contribution is 2.61. The Hall–Kier alpha value is -5.32. The molecule has 4 aromatic carbocycles. The summed E-state index contributed by atoms with van der Waals surface area (Å²) >= 11 is 3.53. The van der Waals surface area contributed by atoms with Gasteiger partial charge in [-0.3, -0.25) is 19.2 Å². The molecule has 12 heteroatoms. The Morgan fingerprint density at radius 3 is 2.08 bits per heavy atom. The first kappa shape index (κ1) is 58.9. The second kappa shape index (κ2) is 28.2. The van der Waals surface area contributed by atoms with Crippen molar-refractivity contribution in [3.63, 3.8) is 0 Å². The monoisotopic (exact) mass is 1050 g/mol. The minimum Gasteiger partial charge on any atom is -0.358 e. The van der Waals surface area contributed by atoms with E-state index in [-0.39, 0.29) is 23.6 Å². The molecular weight excluding hydrogens is 970 g/mol. The number of thiol groups is 1. The summed E-state index contributed by atoms with van der Waals surface area (Å²) in [5, 5.41) is 12.5. The Kier molecular flexibility index (Phi) is 22.1. The maximum atomic E-state index is 14.5. The number of carbonyl (C=O) groups is 4. The highest BCUT2D eigenvalue weighted by molar-refractivity contribution is 7.79. The van der Waals surface area contributed by atoms with Crippen molar-refractivity contribution < 1.29 is 23.7 Å². The largest absolute Gasteiger partial charge is 0.358 e. The number of hydrogen-bond donors (Lipinski definition) is 5. The number of fused-ring (bicyclic) bond motifs is 4. The first-order valence-electron chi connectivity index (χ1n) is 27.4. The van der Waals surface area contributed by atoms with Crippen molar-refractivity contribution in [2.75, 3.05) is 31.8 Å². The van der Waals surface area contributed by atoms with Crippen LogP contribution in [0.5, 0.6) is 0 Å². The number of amides is 4. The first-order chi connectivity index (χ1) is 36.2. The molecule has 8 rings (SSSR count). The number of allylic oxidation sites excluding steroid dienone is 3. The molecule has 2 saturated carbocycles. The Bertz CT molecular complexity index is 2620. The van der Waals surface area contributed by atoms with Crippen LogP contribution in [0.3, 0.4) is 0 Å². The lowest BCUT2D eigenvalue weighted by atomic mass is 9.92. The summed E-state index contributed by atoms with van der Waals surface area (Å²) in [6, 6.07) is 30.6. The summed E-state index contributed by atoms with van der Waals surface area (Å²) in [5.41, 5.74) is 8.48. The molecule has 2 heterocycles. The summed E-state index contributed by atoms with van der Waals surface area (Å²) in [5.74, 6) is 0.811. The summed E-state index contributed by atoms with van der Waals surface area (Å²) in [6.45, 7) is 20.3. The lowest BCUT2D eigenvalue weighted by Crippen LogP contribution is -2.57. The molecule has 4 atom stereocenters. The lowest BCUT2D eigenvalue weighted by Gasteiger charge is -2.37. The lowest BCUT2D eigenvalue weighted by molar-refractivity contribution is -0.136. The number of rotatable bonds is 20. The van der Waals surface area contributed by atoms with Gasteiger partial charge in [-0.2, -0.15) is 12.6 Å². The number of aryl methyl sites for hydroxylation is 1. The normalized spacial score (nSPS) is 19.0. The van der Waals surface area contributed by atoms with Crippen LogP contribution in [0.25, 0.3) is 16.7 Å². The first-order valence-corrected chi connectivity index (χ1v) is 29.7. The van der Waals surface area contributed by atoms with Crippen molar-refractivity contribution >= 4 is 55.7 Å². The smallest absolute Gasteiger partial charge is 0.253 e. The minimum absolute atomic E-state index is 0.0477. The molecule has 4 aromatic rings. The van der Waals surface area contributed by atoms with Crippen LogP contribution in [0.2, 0.25) is 0 Å². The van der Waals surface area contributed by atoms with Gasteiger partial charge in [0.1, 0.15) is 12.1 Å². The van der Waals surface area contributed by atoms with Crippen molar-refractivity contribution in [3.05, 3.63) is 156 Å². The standard InChI is InChI=1S/C34H41N2O3P.C28H39N3O2.CH4S/c1-24(2)12-11-21-39-40(23-26-13-5-4-6-14-26)34(19-9-10-20-34)33(38)36-31-28-18-17-25(3)22-29(28)27-15-7-8-16-30(27)35-32(31)37;1-6-20(4)14-13-19-29-28(17-11-12-18-28)27(33)30-25-23-16-10-9-15-22(23)21(7-2)24(8-3)31(5)26(25)32;1-2/h4-8,13-18,22,24,31H,9-12,19-21,23H2,1-3H3,(H,35,37)(H,36,38);7-10,15-16,20,25,29H,2-3,6,11-14,17-19H2,1,4-5H3,(H,30,33);2H,1H3. The predicted octanol–water partition coefficient (Wildman–Crippen LogP) is 13.8. The van der Waals surface area contributed by atoms with Gasteiger partial charge in [-0.15, -0.1) is 0 Å². The predicted molar refractivity (Wildman–Crippen MR) is 315 cm³/mol. The molecule has 4 N–H and O–H groups in total. The van der Waals surface area contributed by atoms with Crippen molar-refractivity contribution in [3.8, 4) is 11.1 Å². The Balaban J connectivity index is 0.000000240. The fraction of sp³-hybridized carbons (Fsp3) is 0.460. The molecule has 2 aliphatic heterocycles. The quantitative estimate of drug-likeness (QED) is 0.0341. The van der Waals surface area contributed by atoms with Crippen LogP contribution in [0, 0.1) is 18.8 Å². The number of carbonyl (C=O) groups excluding carboxylic acids is 4. The molecular formula is C63H84N5O5PS. The van der Waals surface area contributed by atoms with E-state index < -0.39 is 30.9 Å². The van der Waals surface area contributed by atoms with Gasteiger partial charge in [-0.1, -0.05) is 176 Å². The Morgan fingerprint density at radius 2 is 1.41 bits per heavy atom. The van der Waals surface area contributed by atoms with Crippen LogP contribution in [0.15, 0.2) is 128 Å². The molecule has 0 aromatic heterocycles. The molecule has 0 bridgehead atoms. The van der Waals surface area contributed by atoms with E-state index in [1.807, 2.05) is 66.7 Å². The third-order valence-corrected chi connectivity index (χ3v) is 18.3. The number of hydrogen-bond acceptors (Lipinski definition) is 7. The van der Waals surface area contributed by atoms with Crippen LogP contribution in [-0.4, -0.2) is 65.7 Å². The van der Waals surface area contributed by atoms with Crippen LogP contribution < -0.4 is 21.3 Å². The van der Waals surface area contributed by atoms with E-state index in [0.29, 0.717) is 24.1 Å². The molecule has 2 fully saturated rings. The zero-order chi connectivity index (χ0) is 54.1. The summed E-state index contributed by atoms with van der Waals surface area (Å²) in [7, 11) is 0.625. The van der Waals surface area contributed by atoms with Crippen molar-refractivity contribution in [2.24, 2.45) is 11.8 Å². The van der Waals surface area contributed by atoms with Crippen molar-refractivity contribution in [1.29, 1.82) is 0 Å². The van der Waals surface area contributed by atoms with Crippen molar-refractivity contribution in [2.45, 2.75) is 147 Å². The molecule has 0 saturated heterocycles. The average molecular weight is 1050 g/mol. The fourth-order valence-corrected chi connectivity index (χ4v) is 13.7. The summed E-state index contributed by atoms with van der Waals surface area (Å²) in [4.78, 5) is 56.9. The highest BCUT2D eigenvalue weighted by atomic mass is 32.1. The molecule has 75 heavy (non-hydrogen) atoms. The molecule has 0 radical (unpaired) electrons. The number of para-hydroxylation sites is 1. The molecule has 4 aliphatic rings. The van der Waals surface area contributed by atoms with E-state index >= 15 is 0 Å². The number of nitrogens with zero attached hydrogens (tertiary/aromatic N) is 1. The number of benzene rings is 4. The van der Waals surface area contributed by atoms with E-state index in [0.717, 1.165) is 134 Å². The van der Waals surface area contributed by atoms with E-state index in [1.54, 1.807) is 30.4 Å². The fourth-order valence-electron chi connectivity index (χ4n) is 11.1. The maximum absolute atomic E-state index is 14.5. The van der Waals surface area contributed by atoms with E-state index in [4.69, 9.17) is 4.52 Å². The van der Waals surface area contributed by atoms with Gasteiger partial charge in [0.25, 0.3) is 11.8 Å². The minimum atomic E-state index is -1.10. The second-order valence-corrected chi connectivity index (χ2v) is 23.3. The molecule has 10 nitrogen and oxygen atoms in total. The number of nitrogens with one attached hydrogen (secondary N) is 4. The summed E-state index contributed by atoms with van der Waals surface area (Å²) < 4.78 is 6.68. The molecule has 2 aliphatic carbocycles. The van der Waals surface area contributed by atoms with Crippen molar-refractivity contribution in [1.82, 2.24) is 20.9 Å². The van der Waals surface area contributed by atoms with Crippen LogP contribution in [0.4, 0.5) is 5.69 Å². The SMILES string of the molecule is C=CC1=C(C=C)N(C)C(=O)C(NC(=O)C2(NCCCC(C)CC)CCCC2)c2ccccc21.CS.Cc1ccc2c(c1)-c1ccccc1NC(=O)C2NC(=O)C1(P(Cc2ccccc2)OCCCC(C)C)CCCC1. The topological polar surface area (TPSA) is 129 Å². The van der Waals surface area contributed by atoms with Gasteiger partial charge in [0.15, 0.2) is 0 Å².